The van der Waals surface area contributed by atoms with Crippen molar-refractivity contribution in [2.45, 2.75) is 9.79 Å². The van der Waals surface area contributed by atoms with Crippen LogP contribution in [-0.4, -0.2) is 19.4 Å². The molecule has 0 unspecified atom stereocenters. The third-order valence-electron chi connectivity index (χ3n) is 5.26. The van der Waals surface area contributed by atoms with Gasteiger partial charge in [0.15, 0.2) is 16.3 Å². The molecular weight excluding hydrogens is 422 g/mol. The Labute approximate surface area is 184 Å². The molecule has 0 N–H and O–H groups in total. The summed E-state index contributed by atoms with van der Waals surface area (Å²) in [6, 6.07) is 29.5. The van der Waals surface area contributed by atoms with Gasteiger partial charge in [-0.2, -0.15) is 0 Å². The Balaban J connectivity index is 1.81. The third-order valence-corrected chi connectivity index (χ3v) is 7.07. The van der Waals surface area contributed by atoms with E-state index in [1.807, 2.05) is 36.4 Å². The van der Waals surface area contributed by atoms with Gasteiger partial charge in [0.05, 0.1) is 4.90 Å². The highest BCUT2D eigenvalue weighted by atomic mass is 32.2. The fraction of sp³-hybridized carbons (Fsp3) is 0. The lowest BCUT2D eigenvalue weighted by Gasteiger charge is -2.08. The van der Waals surface area contributed by atoms with E-state index in [1.165, 1.54) is 12.1 Å². The van der Waals surface area contributed by atoms with Crippen molar-refractivity contribution >= 4 is 26.4 Å². The van der Waals surface area contributed by atoms with Crippen LogP contribution in [0.3, 0.4) is 0 Å². The van der Waals surface area contributed by atoms with Crippen molar-refractivity contribution in [1.82, 2.24) is 5.16 Å². The zero-order valence-electron chi connectivity index (χ0n) is 16.8. The number of hydrogen-bond donors (Lipinski definition) is 0. The molecule has 0 fully saturated rings. The molecule has 0 aliphatic heterocycles. The van der Waals surface area contributed by atoms with Gasteiger partial charge in [-0.3, -0.25) is 4.79 Å². The topological polar surface area (TPSA) is 77.2 Å². The fourth-order valence-electron chi connectivity index (χ4n) is 3.71. The molecule has 0 aliphatic carbocycles. The van der Waals surface area contributed by atoms with Crippen LogP contribution in [0.15, 0.2) is 117 Å². The van der Waals surface area contributed by atoms with E-state index in [1.54, 1.807) is 54.6 Å². The van der Waals surface area contributed by atoms with Gasteiger partial charge in [-0.05, 0) is 22.9 Å². The van der Waals surface area contributed by atoms with E-state index in [2.05, 4.69) is 5.16 Å². The summed E-state index contributed by atoms with van der Waals surface area (Å²) in [5.41, 5.74) is 0.648. The molecule has 4 aromatic carbocycles. The lowest BCUT2D eigenvalue weighted by Crippen LogP contribution is -2.11. The van der Waals surface area contributed by atoms with Gasteiger partial charge >= 0.3 is 0 Å². The first kappa shape index (κ1) is 19.9. The van der Waals surface area contributed by atoms with Crippen molar-refractivity contribution in [3.8, 4) is 11.3 Å². The Morgan fingerprint density at radius 3 is 2.09 bits per heavy atom. The molecule has 0 atom stereocenters. The van der Waals surface area contributed by atoms with Gasteiger partial charge in [-0.15, -0.1) is 0 Å². The summed E-state index contributed by atoms with van der Waals surface area (Å²) in [5.74, 6) is -0.472. The maximum Gasteiger partial charge on any atom is 0.216 e. The Kier molecular flexibility index (Phi) is 4.92. The van der Waals surface area contributed by atoms with E-state index in [4.69, 9.17) is 4.52 Å². The van der Waals surface area contributed by atoms with E-state index in [9.17, 15) is 13.2 Å². The molecule has 0 saturated carbocycles. The van der Waals surface area contributed by atoms with Gasteiger partial charge in [-0.1, -0.05) is 96.2 Å². The monoisotopic (exact) mass is 439 g/mol. The molecule has 32 heavy (non-hydrogen) atoms. The molecule has 0 saturated heterocycles. The van der Waals surface area contributed by atoms with Crippen LogP contribution < -0.4 is 0 Å². The molecule has 0 aliphatic rings. The van der Waals surface area contributed by atoms with Crippen LogP contribution in [0.5, 0.6) is 0 Å². The zero-order chi connectivity index (χ0) is 22.1. The average molecular weight is 439 g/mol. The summed E-state index contributed by atoms with van der Waals surface area (Å²) < 4.78 is 33.0. The van der Waals surface area contributed by atoms with Gasteiger partial charge in [0.2, 0.25) is 15.6 Å². The van der Waals surface area contributed by atoms with Gasteiger partial charge in [0.1, 0.15) is 0 Å². The van der Waals surface area contributed by atoms with Gasteiger partial charge in [0, 0.05) is 11.1 Å². The predicted octanol–water partition coefficient (Wildman–Crippen LogP) is 5.56. The lowest BCUT2D eigenvalue weighted by atomic mass is 10.0. The quantitative estimate of drug-likeness (QED) is 0.335. The van der Waals surface area contributed by atoms with Gasteiger partial charge in [-0.25, -0.2) is 8.42 Å². The van der Waals surface area contributed by atoms with Gasteiger partial charge in [0.25, 0.3) is 0 Å². The Hall–Kier alpha value is -4.03. The molecular formula is C26H17NO4S. The molecule has 0 radical (unpaired) electrons. The highest BCUT2D eigenvalue weighted by Gasteiger charge is 2.34. The zero-order valence-corrected chi connectivity index (χ0v) is 17.6. The summed E-state index contributed by atoms with van der Waals surface area (Å²) in [6.45, 7) is 0. The number of rotatable bonds is 5. The minimum Gasteiger partial charge on any atom is -0.354 e. The van der Waals surface area contributed by atoms with Crippen LogP contribution >= 0.6 is 0 Å². The predicted molar refractivity (Wildman–Crippen MR) is 121 cm³/mol. The van der Waals surface area contributed by atoms with Crippen molar-refractivity contribution < 1.29 is 17.7 Å². The first-order chi connectivity index (χ1) is 15.6. The first-order valence-electron chi connectivity index (χ1n) is 9.95. The van der Waals surface area contributed by atoms with Crippen LogP contribution in [0, 0.1) is 0 Å². The van der Waals surface area contributed by atoms with Crippen LogP contribution in [0.1, 0.15) is 16.1 Å². The van der Waals surface area contributed by atoms with Crippen LogP contribution in [0.25, 0.3) is 22.1 Å². The van der Waals surface area contributed by atoms with E-state index in [0.29, 0.717) is 11.1 Å². The van der Waals surface area contributed by atoms with Crippen molar-refractivity contribution in [1.29, 1.82) is 0 Å². The molecule has 0 amide bonds. The molecule has 5 rings (SSSR count). The number of hydrogen-bond acceptors (Lipinski definition) is 5. The van der Waals surface area contributed by atoms with E-state index < -0.39 is 15.6 Å². The van der Waals surface area contributed by atoms with E-state index >= 15 is 0 Å². The first-order valence-corrected chi connectivity index (χ1v) is 11.4. The molecule has 5 nitrogen and oxygen atoms in total. The fourth-order valence-corrected chi connectivity index (χ4v) is 5.24. The second-order valence-corrected chi connectivity index (χ2v) is 9.11. The van der Waals surface area contributed by atoms with Gasteiger partial charge < -0.3 is 4.52 Å². The number of nitrogens with zero attached hydrogens (tertiary/aromatic N) is 1. The number of fused-ring (bicyclic) bond motifs is 1. The summed E-state index contributed by atoms with van der Waals surface area (Å²) in [6.07, 6.45) is 0. The second-order valence-electron chi connectivity index (χ2n) is 7.23. The second kappa shape index (κ2) is 7.90. The maximum atomic E-state index is 13.7. The average Bonchev–Trinajstić information content (AvgIpc) is 3.30. The van der Waals surface area contributed by atoms with Crippen molar-refractivity contribution in [2.75, 3.05) is 0 Å². The largest absolute Gasteiger partial charge is 0.354 e. The number of aromatic nitrogens is 1. The minimum absolute atomic E-state index is 0.0462. The number of carbonyl (C=O) groups excluding carboxylic acids is 1. The van der Waals surface area contributed by atoms with Crippen LogP contribution in [0.2, 0.25) is 0 Å². The van der Waals surface area contributed by atoms with Crippen molar-refractivity contribution in [3.63, 3.8) is 0 Å². The van der Waals surface area contributed by atoms with Crippen molar-refractivity contribution in [3.05, 3.63) is 114 Å². The summed E-state index contributed by atoms with van der Waals surface area (Å²) in [4.78, 5) is 13.1. The van der Waals surface area contributed by atoms with E-state index in [-0.39, 0.29) is 21.2 Å². The highest BCUT2D eigenvalue weighted by Crippen LogP contribution is 2.38. The lowest BCUT2D eigenvalue weighted by molar-refractivity contribution is 0.102. The molecule has 5 aromatic rings. The molecule has 0 bridgehead atoms. The minimum atomic E-state index is -4.10. The number of ketones is 1. The summed E-state index contributed by atoms with van der Waals surface area (Å²) >= 11 is 0. The maximum absolute atomic E-state index is 13.7. The van der Waals surface area contributed by atoms with E-state index in [0.717, 1.165) is 10.8 Å². The standard InChI is InChI=1S/C26H17NO4S/c28-24(19-11-3-1-4-12-19)23-26(32(29,30)20-14-5-2-6-15-20)25(31-27-23)22-17-9-13-18-10-7-8-16-21(18)22/h1-17H. The van der Waals surface area contributed by atoms with Crippen LogP contribution in [-0.2, 0) is 9.84 Å². The summed E-state index contributed by atoms with van der Waals surface area (Å²) in [5, 5.41) is 5.68. The Morgan fingerprint density at radius 2 is 1.34 bits per heavy atom. The molecule has 1 heterocycles. The highest BCUT2D eigenvalue weighted by molar-refractivity contribution is 7.91. The molecule has 1 aromatic heterocycles. The van der Waals surface area contributed by atoms with Crippen molar-refractivity contribution in [2.24, 2.45) is 0 Å². The van der Waals surface area contributed by atoms with Crippen LogP contribution in [0.4, 0.5) is 0 Å². The number of benzene rings is 4. The normalized spacial score (nSPS) is 11.5. The summed E-state index contributed by atoms with van der Waals surface area (Å²) in [7, 11) is -4.10. The molecule has 156 valence electrons. The SMILES string of the molecule is O=C(c1ccccc1)c1noc(-c2cccc3ccccc23)c1S(=O)(=O)c1ccccc1. The Bertz CT molecular complexity index is 1530. The Morgan fingerprint density at radius 1 is 0.719 bits per heavy atom. The number of carbonyl (C=O) groups is 1. The third kappa shape index (κ3) is 3.31. The smallest absolute Gasteiger partial charge is 0.216 e. The molecule has 0 spiro atoms. The molecule has 6 heteroatoms. The number of sulfone groups is 1.